The highest BCUT2D eigenvalue weighted by atomic mass is 19.4. The third kappa shape index (κ3) is 5.59. The number of carbonyl (C=O) groups is 1. The predicted molar refractivity (Wildman–Crippen MR) is 108 cm³/mol. The number of hydrogen-bond donors (Lipinski definition) is 0. The molecular formula is C20H14F3N7O4. The van der Waals surface area contributed by atoms with Gasteiger partial charge in [0.1, 0.15) is 5.75 Å². The quantitative estimate of drug-likeness (QED) is 0.217. The summed E-state index contributed by atoms with van der Waals surface area (Å²) in [4.78, 5) is 22.9. The fraction of sp³-hybridized carbons (Fsp3) is 0.150. The van der Waals surface area contributed by atoms with E-state index in [2.05, 4.69) is 25.4 Å². The van der Waals surface area contributed by atoms with Crippen molar-refractivity contribution in [3.05, 3.63) is 93.6 Å². The van der Waals surface area contributed by atoms with E-state index >= 15 is 0 Å². The number of rotatable bonds is 8. The summed E-state index contributed by atoms with van der Waals surface area (Å²) in [6.07, 6.45) is -1.97. The largest absolute Gasteiger partial charge is 0.573 e. The minimum absolute atomic E-state index is 0.0133. The molecule has 0 aliphatic rings. The van der Waals surface area contributed by atoms with Gasteiger partial charge in [-0.2, -0.15) is 0 Å². The zero-order valence-electron chi connectivity index (χ0n) is 17.1. The molecule has 0 atom stereocenters. The average molecular weight is 473 g/mol. The molecule has 0 aliphatic heterocycles. The third-order valence-electron chi connectivity index (χ3n) is 4.54. The van der Waals surface area contributed by atoms with Gasteiger partial charge in [0.05, 0.1) is 30.4 Å². The number of nitrogens with zero attached hydrogens (tertiary/aromatic N) is 7. The Bertz CT molecular complexity index is 1320. The summed E-state index contributed by atoms with van der Waals surface area (Å²) in [5, 5.41) is 26.1. The van der Waals surface area contributed by atoms with E-state index in [1.54, 1.807) is 12.1 Å². The zero-order chi connectivity index (χ0) is 24.3. The lowest BCUT2D eigenvalue weighted by molar-refractivity contribution is -0.384. The second kappa shape index (κ2) is 9.09. The number of nitro groups is 1. The van der Waals surface area contributed by atoms with Gasteiger partial charge in [-0.05, 0) is 23.3 Å². The second-order valence-electron chi connectivity index (χ2n) is 7.05. The van der Waals surface area contributed by atoms with Crippen LogP contribution in [0.5, 0.6) is 5.75 Å². The van der Waals surface area contributed by atoms with Gasteiger partial charge >= 0.3 is 6.36 Å². The minimum Gasteiger partial charge on any atom is -0.406 e. The van der Waals surface area contributed by atoms with Crippen molar-refractivity contribution >= 4 is 11.5 Å². The van der Waals surface area contributed by atoms with E-state index in [1.165, 1.54) is 58.2 Å². The molecule has 2 heterocycles. The van der Waals surface area contributed by atoms with E-state index in [1.807, 2.05) is 0 Å². The van der Waals surface area contributed by atoms with Gasteiger partial charge in [-0.25, -0.2) is 9.36 Å². The van der Waals surface area contributed by atoms with Gasteiger partial charge in [-0.1, -0.05) is 34.7 Å². The average Bonchev–Trinajstić information content (AvgIpc) is 3.44. The van der Waals surface area contributed by atoms with Crippen molar-refractivity contribution in [1.29, 1.82) is 0 Å². The summed E-state index contributed by atoms with van der Waals surface area (Å²) in [7, 11) is 0. The van der Waals surface area contributed by atoms with Crippen LogP contribution in [-0.2, 0) is 13.1 Å². The van der Waals surface area contributed by atoms with Gasteiger partial charge in [0, 0.05) is 12.1 Å². The summed E-state index contributed by atoms with van der Waals surface area (Å²) >= 11 is 0. The van der Waals surface area contributed by atoms with Crippen LogP contribution in [-0.4, -0.2) is 47.1 Å². The summed E-state index contributed by atoms with van der Waals surface area (Å²) in [6.45, 7) is 0.415. The van der Waals surface area contributed by atoms with Crippen LogP contribution in [0.4, 0.5) is 18.9 Å². The number of carbonyl (C=O) groups excluding carboxylic acids is 1. The number of non-ortho nitro benzene ring substituents is 1. The Morgan fingerprint density at radius 1 is 0.882 bits per heavy atom. The first-order chi connectivity index (χ1) is 16.2. The molecule has 0 bridgehead atoms. The summed E-state index contributed by atoms with van der Waals surface area (Å²) < 4.78 is 43.3. The fourth-order valence-corrected chi connectivity index (χ4v) is 2.98. The number of ether oxygens (including phenoxy) is 1. The number of nitro benzene ring substituents is 1. The standard InChI is InChI=1S/C20H14F3N7O4/c21-20(22,23)34-16-7-3-14(4-8-16)10-29-12-18(25-27-29)19(31)17-11-28(26-24-17)9-13-1-5-15(6-2-13)30(32)33/h1-8,11-12H,9-10H2. The maximum Gasteiger partial charge on any atom is 0.573 e. The van der Waals surface area contributed by atoms with Crippen LogP contribution in [0, 0.1) is 10.1 Å². The van der Waals surface area contributed by atoms with Crippen LogP contribution in [0.1, 0.15) is 27.3 Å². The summed E-state index contributed by atoms with van der Waals surface area (Å²) in [6, 6.07) is 11.1. The second-order valence-corrected chi connectivity index (χ2v) is 7.05. The predicted octanol–water partition coefficient (Wildman–Crippen LogP) is 3.00. The van der Waals surface area contributed by atoms with E-state index in [0.29, 0.717) is 5.56 Å². The highest BCUT2D eigenvalue weighted by Gasteiger charge is 2.31. The Labute approximate surface area is 188 Å². The van der Waals surface area contributed by atoms with Crippen molar-refractivity contribution in [3.8, 4) is 5.75 Å². The van der Waals surface area contributed by atoms with Crippen LogP contribution in [0.3, 0.4) is 0 Å². The molecule has 0 unspecified atom stereocenters. The SMILES string of the molecule is O=C(c1cn(Cc2ccc(OC(F)(F)F)cc2)nn1)c1cn(Cc2ccc([N+](=O)[O-])cc2)nn1. The van der Waals surface area contributed by atoms with Crippen molar-refractivity contribution in [3.63, 3.8) is 0 Å². The highest BCUT2D eigenvalue weighted by molar-refractivity contribution is 6.05. The van der Waals surface area contributed by atoms with E-state index in [9.17, 15) is 28.1 Å². The first-order valence-corrected chi connectivity index (χ1v) is 9.59. The van der Waals surface area contributed by atoms with E-state index in [0.717, 1.165) is 5.56 Å². The van der Waals surface area contributed by atoms with Crippen LogP contribution in [0.2, 0.25) is 0 Å². The number of aromatic nitrogens is 6. The third-order valence-corrected chi connectivity index (χ3v) is 4.54. The number of alkyl halides is 3. The lowest BCUT2D eigenvalue weighted by atomic mass is 10.2. The molecule has 0 N–H and O–H groups in total. The topological polar surface area (TPSA) is 131 Å². The van der Waals surface area contributed by atoms with E-state index < -0.39 is 17.1 Å². The first kappa shape index (κ1) is 22.6. The molecule has 0 radical (unpaired) electrons. The van der Waals surface area contributed by atoms with E-state index in [4.69, 9.17) is 0 Å². The van der Waals surface area contributed by atoms with Crippen LogP contribution in [0.25, 0.3) is 0 Å². The normalized spacial score (nSPS) is 11.4. The summed E-state index contributed by atoms with van der Waals surface area (Å²) in [5.41, 5.74) is 1.36. The monoisotopic (exact) mass is 473 g/mol. The molecule has 0 fully saturated rings. The molecule has 4 aromatic rings. The molecule has 0 saturated carbocycles. The Kier molecular flexibility index (Phi) is 6.03. The number of hydrogen-bond acceptors (Lipinski definition) is 8. The lowest BCUT2D eigenvalue weighted by Gasteiger charge is -2.09. The van der Waals surface area contributed by atoms with Crippen molar-refractivity contribution in [1.82, 2.24) is 30.0 Å². The molecule has 0 spiro atoms. The molecule has 11 nitrogen and oxygen atoms in total. The van der Waals surface area contributed by atoms with Crippen LogP contribution >= 0.6 is 0 Å². The van der Waals surface area contributed by atoms with E-state index in [-0.39, 0.29) is 35.9 Å². The number of benzene rings is 2. The van der Waals surface area contributed by atoms with Crippen molar-refractivity contribution in [2.45, 2.75) is 19.5 Å². The first-order valence-electron chi connectivity index (χ1n) is 9.59. The van der Waals surface area contributed by atoms with Gasteiger partial charge in [0.15, 0.2) is 11.4 Å². The van der Waals surface area contributed by atoms with Crippen LogP contribution < -0.4 is 4.74 Å². The van der Waals surface area contributed by atoms with Gasteiger partial charge in [0.2, 0.25) is 5.78 Å². The maximum absolute atomic E-state index is 12.6. The fourth-order valence-electron chi connectivity index (χ4n) is 2.98. The van der Waals surface area contributed by atoms with Crippen LogP contribution in [0.15, 0.2) is 60.9 Å². The summed E-state index contributed by atoms with van der Waals surface area (Å²) in [5.74, 6) is -0.863. The molecule has 0 aliphatic carbocycles. The Hall–Kier alpha value is -4.62. The van der Waals surface area contributed by atoms with Crippen molar-refractivity contribution in [2.24, 2.45) is 0 Å². The molecule has 2 aromatic heterocycles. The highest BCUT2D eigenvalue weighted by Crippen LogP contribution is 2.23. The molecule has 174 valence electrons. The Morgan fingerprint density at radius 3 is 1.79 bits per heavy atom. The van der Waals surface area contributed by atoms with Gasteiger partial charge in [-0.15, -0.1) is 23.4 Å². The number of ketones is 1. The van der Waals surface area contributed by atoms with Gasteiger partial charge in [0.25, 0.3) is 5.69 Å². The van der Waals surface area contributed by atoms with Gasteiger partial charge in [-0.3, -0.25) is 14.9 Å². The maximum atomic E-state index is 12.6. The van der Waals surface area contributed by atoms with Crippen molar-refractivity contribution < 1.29 is 27.6 Å². The molecule has 4 rings (SSSR count). The molecule has 34 heavy (non-hydrogen) atoms. The molecule has 0 amide bonds. The molecule has 0 saturated heterocycles. The van der Waals surface area contributed by atoms with Crippen molar-refractivity contribution in [2.75, 3.05) is 0 Å². The number of halogens is 3. The molecule has 2 aromatic carbocycles. The zero-order valence-corrected chi connectivity index (χ0v) is 17.1. The van der Waals surface area contributed by atoms with Gasteiger partial charge < -0.3 is 4.74 Å². The minimum atomic E-state index is -4.77. The Balaban J connectivity index is 1.38. The lowest BCUT2D eigenvalue weighted by Crippen LogP contribution is -2.17. The Morgan fingerprint density at radius 2 is 1.35 bits per heavy atom. The smallest absolute Gasteiger partial charge is 0.406 e. The molecule has 14 heteroatoms. The molecular weight excluding hydrogens is 459 g/mol.